The predicted molar refractivity (Wildman–Crippen MR) is 103 cm³/mol. The summed E-state index contributed by atoms with van der Waals surface area (Å²) in [4.78, 5) is 46.0. The molecule has 5 unspecified atom stereocenters. The highest BCUT2D eigenvalue weighted by Crippen LogP contribution is 2.52. The molecule has 7 heteroatoms. The molecule has 1 aromatic heterocycles. The average Bonchev–Trinajstić information content (AvgIpc) is 3.51. The van der Waals surface area contributed by atoms with Crippen LogP contribution in [0.25, 0.3) is 0 Å². The quantitative estimate of drug-likeness (QED) is 0.537. The number of hydrogen-bond donors (Lipinski definition) is 0. The summed E-state index contributed by atoms with van der Waals surface area (Å²) < 4.78 is 5.72. The van der Waals surface area contributed by atoms with Crippen molar-refractivity contribution < 1.29 is 19.1 Å². The Labute approximate surface area is 169 Å². The van der Waals surface area contributed by atoms with Gasteiger partial charge in [-0.05, 0) is 42.7 Å². The Morgan fingerprint density at radius 1 is 1.21 bits per heavy atom. The number of allylic oxidation sites excluding steroid dienone is 2. The first-order chi connectivity index (χ1) is 14.1. The fraction of sp³-hybridized carbons (Fsp3) is 0.545. The van der Waals surface area contributed by atoms with Crippen molar-refractivity contribution in [2.24, 2.45) is 23.7 Å². The van der Waals surface area contributed by atoms with E-state index in [-0.39, 0.29) is 54.0 Å². The summed E-state index contributed by atoms with van der Waals surface area (Å²) in [6, 6.07) is 3.75. The normalized spacial score (nSPS) is 32.3. The van der Waals surface area contributed by atoms with Crippen LogP contribution in [0.1, 0.15) is 24.8 Å². The maximum absolute atomic E-state index is 13.2. The lowest BCUT2D eigenvalue weighted by molar-refractivity contribution is -0.147. The van der Waals surface area contributed by atoms with Gasteiger partial charge in [-0.1, -0.05) is 18.2 Å². The summed E-state index contributed by atoms with van der Waals surface area (Å²) in [7, 11) is 0. The molecule has 0 aromatic carbocycles. The maximum atomic E-state index is 13.2. The van der Waals surface area contributed by atoms with Crippen LogP contribution in [0.4, 0.5) is 0 Å². The number of rotatable bonds is 6. The van der Waals surface area contributed by atoms with Crippen LogP contribution in [0.3, 0.4) is 0 Å². The van der Waals surface area contributed by atoms with Crippen LogP contribution in [0, 0.1) is 23.7 Å². The van der Waals surface area contributed by atoms with Crippen LogP contribution in [0.2, 0.25) is 0 Å². The number of carbonyl (C=O) groups is 3. The third-order valence-corrected chi connectivity index (χ3v) is 6.75. The molecule has 4 aliphatic rings. The highest BCUT2D eigenvalue weighted by molar-refractivity contribution is 6.08. The molecule has 0 radical (unpaired) electrons. The average molecular weight is 395 g/mol. The number of hydrogen-bond acceptors (Lipinski definition) is 5. The highest BCUT2D eigenvalue weighted by atomic mass is 16.5. The highest BCUT2D eigenvalue weighted by Gasteiger charge is 2.59. The molecular formula is C22H25N3O4. The standard InChI is InChI=1S/C22H25N3O4/c26-18(13-25-21(27)19-15-5-6-16(9-15)20(19)22(25)28)24(12-17-4-2-8-29-17)11-14-3-1-7-23-10-14/h1,3,5-7,10,15-17,19-20H,2,4,8-9,11-13H2. The summed E-state index contributed by atoms with van der Waals surface area (Å²) in [5.41, 5.74) is 0.914. The van der Waals surface area contributed by atoms with Crippen LogP contribution >= 0.6 is 0 Å². The van der Waals surface area contributed by atoms with E-state index in [1.807, 2.05) is 12.1 Å². The molecule has 3 heterocycles. The van der Waals surface area contributed by atoms with Crippen molar-refractivity contribution in [3.05, 3.63) is 42.2 Å². The van der Waals surface area contributed by atoms with E-state index in [2.05, 4.69) is 17.1 Å². The van der Waals surface area contributed by atoms with Crippen molar-refractivity contribution in [2.75, 3.05) is 19.7 Å². The van der Waals surface area contributed by atoms with Gasteiger partial charge in [0.1, 0.15) is 6.54 Å². The van der Waals surface area contributed by atoms with Gasteiger partial charge in [0.15, 0.2) is 0 Å². The Morgan fingerprint density at radius 3 is 2.59 bits per heavy atom. The lowest BCUT2D eigenvalue weighted by Gasteiger charge is -2.27. The maximum Gasteiger partial charge on any atom is 0.243 e. The fourth-order valence-corrected chi connectivity index (χ4v) is 5.36. The van der Waals surface area contributed by atoms with E-state index >= 15 is 0 Å². The van der Waals surface area contributed by atoms with Crippen molar-refractivity contribution in [3.63, 3.8) is 0 Å². The van der Waals surface area contributed by atoms with Crippen LogP contribution in [-0.2, 0) is 25.7 Å². The van der Waals surface area contributed by atoms with Crippen LogP contribution in [0.5, 0.6) is 0 Å². The number of aromatic nitrogens is 1. The molecule has 0 N–H and O–H groups in total. The predicted octanol–water partition coefficient (Wildman–Crippen LogP) is 1.40. The molecule has 5 atom stereocenters. The van der Waals surface area contributed by atoms with Crippen LogP contribution < -0.4 is 0 Å². The molecule has 7 nitrogen and oxygen atoms in total. The van der Waals surface area contributed by atoms with Crippen molar-refractivity contribution in [1.29, 1.82) is 0 Å². The van der Waals surface area contributed by atoms with Crippen molar-refractivity contribution in [2.45, 2.75) is 31.9 Å². The molecule has 3 fully saturated rings. The first kappa shape index (κ1) is 18.5. The van der Waals surface area contributed by atoms with Gasteiger partial charge in [-0.2, -0.15) is 0 Å². The summed E-state index contributed by atoms with van der Waals surface area (Å²) in [5.74, 6) is -0.802. The molecule has 2 bridgehead atoms. The molecule has 29 heavy (non-hydrogen) atoms. The van der Waals surface area contributed by atoms with Gasteiger partial charge in [0.05, 0.1) is 17.9 Å². The van der Waals surface area contributed by atoms with Crippen molar-refractivity contribution >= 4 is 17.7 Å². The minimum atomic E-state index is -0.268. The molecule has 2 saturated heterocycles. The molecule has 1 saturated carbocycles. The zero-order valence-electron chi connectivity index (χ0n) is 16.3. The number of ether oxygens (including phenoxy) is 1. The Bertz CT molecular complexity index is 819. The second-order valence-corrected chi connectivity index (χ2v) is 8.53. The SMILES string of the molecule is O=C(CN1C(=O)C2C3C=CC(C3)C2C1=O)N(Cc1cccnc1)CC1CCCO1. The van der Waals surface area contributed by atoms with Crippen molar-refractivity contribution in [3.8, 4) is 0 Å². The fourth-order valence-electron chi connectivity index (χ4n) is 5.36. The Hall–Kier alpha value is -2.54. The number of carbonyl (C=O) groups excluding carboxylic acids is 3. The molecule has 2 aliphatic heterocycles. The number of imide groups is 1. The van der Waals surface area contributed by atoms with Gasteiger partial charge in [0, 0.05) is 32.1 Å². The lowest BCUT2D eigenvalue weighted by Crippen LogP contribution is -2.45. The van der Waals surface area contributed by atoms with Crippen LogP contribution in [0.15, 0.2) is 36.7 Å². The summed E-state index contributed by atoms with van der Waals surface area (Å²) >= 11 is 0. The third-order valence-electron chi connectivity index (χ3n) is 6.75. The first-order valence-electron chi connectivity index (χ1n) is 10.4. The summed E-state index contributed by atoms with van der Waals surface area (Å²) in [6.45, 7) is 1.38. The van der Waals surface area contributed by atoms with Gasteiger partial charge in [-0.15, -0.1) is 0 Å². The van der Waals surface area contributed by atoms with E-state index < -0.39 is 0 Å². The lowest BCUT2D eigenvalue weighted by atomic mass is 9.85. The number of likely N-dealkylation sites (tertiary alicyclic amines) is 1. The van der Waals surface area contributed by atoms with Gasteiger partial charge in [-0.3, -0.25) is 24.3 Å². The van der Waals surface area contributed by atoms with E-state index in [1.54, 1.807) is 17.3 Å². The van der Waals surface area contributed by atoms with Gasteiger partial charge in [0.25, 0.3) is 0 Å². The van der Waals surface area contributed by atoms with Gasteiger partial charge in [-0.25, -0.2) is 0 Å². The zero-order valence-corrected chi connectivity index (χ0v) is 16.3. The van der Waals surface area contributed by atoms with Gasteiger partial charge >= 0.3 is 0 Å². The van der Waals surface area contributed by atoms with E-state index in [4.69, 9.17) is 4.74 Å². The van der Waals surface area contributed by atoms with Gasteiger partial charge < -0.3 is 9.64 Å². The van der Waals surface area contributed by atoms with E-state index in [0.29, 0.717) is 19.7 Å². The van der Waals surface area contributed by atoms with Crippen molar-refractivity contribution in [1.82, 2.24) is 14.8 Å². The second-order valence-electron chi connectivity index (χ2n) is 8.53. The van der Waals surface area contributed by atoms with Crippen LogP contribution in [-0.4, -0.2) is 58.3 Å². The number of pyridine rings is 1. The smallest absolute Gasteiger partial charge is 0.243 e. The Morgan fingerprint density at radius 2 is 1.97 bits per heavy atom. The molecule has 1 aromatic rings. The molecular weight excluding hydrogens is 370 g/mol. The minimum absolute atomic E-state index is 0.0000255. The third kappa shape index (κ3) is 3.27. The summed E-state index contributed by atoms with van der Waals surface area (Å²) in [5, 5.41) is 0. The second kappa shape index (κ2) is 7.37. The molecule has 0 spiro atoms. The largest absolute Gasteiger partial charge is 0.376 e. The molecule has 152 valence electrons. The van der Waals surface area contributed by atoms with Gasteiger partial charge in [0.2, 0.25) is 17.7 Å². The Balaban J connectivity index is 1.31. The molecule has 2 aliphatic carbocycles. The summed E-state index contributed by atoms with van der Waals surface area (Å²) in [6.07, 6.45) is 10.3. The number of nitrogens with zero attached hydrogens (tertiary/aromatic N) is 3. The molecule has 5 rings (SSSR count). The van der Waals surface area contributed by atoms with E-state index in [1.165, 1.54) is 4.90 Å². The molecule has 3 amide bonds. The zero-order chi connectivity index (χ0) is 20.0. The first-order valence-corrected chi connectivity index (χ1v) is 10.4. The number of fused-ring (bicyclic) bond motifs is 5. The topological polar surface area (TPSA) is 79.8 Å². The Kier molecular flexibility index (Phi) is 4.70. The minimum Gasteiger partial charge on any atom is -0.376 e. The van der Waals surface area contributed by atoms with E-state index in [9.17, 15) is 14.4 Å². The number of amides is 3. The van der Waals surface area contributed by atoms with E-state index in [0.717, 1.165) is 24.8 Å². The monoisotopic (exact) mass is 395 g/mol.